The number of nitrogens with two attached hydrogens (primary N) is 1. The first kappa shape index (κ1) is 19.0. The fourth-order valence-electron chi connectivity index (χ4n) is 2.40. The highest BCUT2D eigenvalue weighted by atomic mass is 35.5. The molecule has 1 atom stereocenters. The molecule has 0 aliphatic rings. The van der Waals surface area contributed by atoms with Crippen LogP contribution in [-0.2, 0) is 6.42 Å². The minimum absolute atomic E-state index is 0. The van der Waals surface area contributed by atoms with Gasteiger partial charge in [0.2, 0.25) is 0 Å². The first-order valence-corrected chi connectivity index (χ1v) is 7.39. The largest absolute Gasteiger partial charge is 0.399 e. The Bertz CT molecular complexity index is 599. The van der Waals surface area contributed by atoms with E-state index in [0.29, 0.717) is 11.3 Å². The van der Waals surface area contributed by atoms with E-state index in [4.69, 9.17) is 5.73 Å². The summed E-state index contributed by atoms with van der Waals surface area (Å²) in [5.74, 6) is -0.0669. The fraction of sp³-hybridized carbons (Fsp3) is 0.278. The van der Waals surface area contributed by atoms with Crippen LogP contribution in [0.3, 0.4) is 0 Å². The Morgan fingerprint density at radius 1 is 1.09 bits per heavy atom. The Labute approximate surface area is 144 Å². The molecule has 5 heteroatoms. The molecule has 0 heterocycles. The number of nitrogens with zero attached hydrogens (tertiary/aromatic N) is 1. The molecule has 2 aromatic rings. The summed E-state index contributed by atoms with van der Waals surface area (Å²) in [4.78, 5) is 14.4. The molecule has 1 amide bonds. The van der Waals surface area contributed by atoms with Gasteiger partial charge in [0, 0.05) is 23.8 Å². The van der Waals surface area contributed by atoms with Crippen LogP contribution in [0.4, 0.5) is 5.69 Å². The maximum atomic E-state index is 12.4. The van der Waals surface area contributed by atoms with Gasteiger partial charge in [-0.05, 0) is 50.3 Å². The highest BCUT2D eigenvalue weighted by Crippen LogP contribution is 2.08. The minimum Gasteiger partial charge on any atom is -0.399 e. The van der Waals surface area contributed by atoms with Crippen molar-refractivity contribution in [2.75, 3.05) is 26.4 Å². The van der Waals surface area contributed by atoms with E-state index < -0.39 is 0 Å². The van der Waals surface area contributed by atoms with Crippen molar-refractivity contribution >= 4 is 24.0 Å². The molecule has 0 aliphatic heterocycles. The topological polar surface area (TPSA) is 58.4 Å². The Morgan fingerprint density at radius 2 is 1.70 bits per heavy atom. The van der Waals surface area contributed by atoms with Crippen LogP contribution in [0.15, 0.2) is 54.6 Å². The molecule has 2 aromatic carbocycles. The van der Waals surface area contributed by atoms with Crippen LogP contribution in [0.1, 0.15) is 15.9 Å². The first-order chi connectivity index (χ1) is 10.5. The SMILES string of the molecule is CN(C)CC(Cc1ccccc1)NC(=O)c1ccc(N)cc1.Cl. The summed E-state index contributed by atoms with van der Waals surface area (Å²) in [6, 6.07) is 17.2. The van der Waals surface area contributed by atoms with Crippen LogP contribution in [0.5, 0.6) is 0 Å². The number of hydrogen-bond acceptors (Lipinski definition) is 3. The molecule has 0 fully saturated rings. The van der Waals surface area contributed by atoms with Gasteiger partial charge in [0.15, 0.2) is 0 Å². The summed E-state index contributed by atoms with van der Waals surface area (Å²) in [6.45, 7) is 0.787. The third-order valence-electron chi connectivity index (χ3n) is 3.42. The van der Waals surface area contributed by atoms with Crippen molar-refractivity contribution in [2.24, 2.45) is 0 Å². The van der Waals surface area contributed by atoms with E-state index in [1.807, 2.05) is 32.3 Å². The molecule has 2 rings (SSSR count). The first-order valence-electron chi connectivity index (χ1n) is 7.39. The number of benzene rings is 2. The van der Waals surface area contributed by atoms with E-state index in [-0.39, 0.29) is 24.4 Å². The van der Waals surface area contributed by atoms with Crippen LogP contribution in [-0.4, -0.2) is 37.5 Å². The lowest BCUT2D eigenvalue weighted by Gasteiger charge is -2.22. The molecular weight excluding hydrogens is 310 g/mol. The molecule has 124 valence electrons. The number of halogens is 1. The van der Waals surface area contributed by atoms with Gasteiger partial charge in [-0.2, -0.15) is 0 Å². The number of nitrogen functional groups attached to an aromatic ring is 1. The van der Waals surface area contributed by atoms with Gasteiger partial charge in [-0.1, -0.05) is 30.3 Å². The predicted molar refractivity (Wildman–Crippen MR) is 98.1 cm³/mol. The second-order valence-corrected chi connectivity index (χ2v) is 5.74. The van der Waals surface area contributed by atoms with Crippen molar-refractivity contribution in [1.29, 1.82) is 0 Å². The number of carbonyl (C=O) groups excluding carboxylic acids is 1. The van der Waals surface area contributed by atoms with Crippen LogP contribution < -0.4 is 11.1 Å². The summed E-state index contributed by atoms with van der Waals surface area (Å²) in [5.41, 5.74) is 8.16. The maximum Gasteiger partial charge on any atom is 0.251 e. The van der Waals surface area contributed by atoms with Gasteiger partial charge in [-0.25, -0.2) is 0 Å². The monoisotopic (exact) mass is 333 g/mol. The predicted octanol–water partition coefficient (Wildman–Crippen LogP) is 2.59. The zero-order chi connectivity index (χ0) is 15.9. The summed E-state index contributed by atoms with van der Waals surface area (Å²) in [7, 11) is 4.01. The zero-order valence-corrected chi connectivity index (χ0v) is 14.3. The van der Waals surface area contributed by atoms with Gasteiger partial charge >= 0.3 is 0 Å². The summed E-state index contributed by atoms with van der Waals surface area (Å²) < 4.78 is 0. The van der Waals surface area contributed by atoms with Crippen molar-refractivity contribution in [1.82, 2.24) is 10.2 Å². The zero-order valence-electron chi connectivity index (χ0n) is 13.5. The number of nitrogens with one attached hydrogen (secondary N) is 1. The van der Waals surface area contributed by atoms with Gasteiger partial charge in [-0.3, -0.25) is 4.79 Å². The van der Waals surface area contributed by atoms with E-state index >= 15 is 0 Å². The molecule has 0 aliphatic carbocycles. The molecule has 4 nitrogen and oxygen atoms in total. The smallest absolute Gasteiger partial charge is 0.251 e. The number of likely N-dealkylation sites (N-methyl/N-ethyl adjacent to an activating group) is 1. The maximum absolute atomic E-state index is 12.4. The average Bonchev–Trinajstić information content (AvgIpc) is 2.48. The Morgan fingerprint density at radius 3 is 2.26 bits per heavy atom. The molecule has 0 saturated heterocycles. The van der Waals surface area contributed by atoms with Crippen molar-refractivity contribution in [3.63, 3.8) is 0 Å². The summed E-state index contributed by atoms with van der Waals surface area (Å²) >= 11 is 0. The Hall–Kier alpha value is -2.04. The quantitative estimate of drug-likeness (QED) is 0.799. The van der Waals surface area contributed by atoms with E-state index in [1.165, 1.54) is 5.56 Å². The van der Waals surface area contributed by atoms with E-state index in [9.17, 15) is 4.79 Å². The number of amides is 1. The molecule has 0 bridgehead atoms. The van der Waals surface area contributed by atoms with Gasteiger partial charge in [-0.15, -0.1) is 12.4 Å². The molecule has 0 aromatic heterocycles. The third-order valence-corrected chi connectivity index (χ3v) is 3.42. The Balaban J connectivity index is 0.00000264. The molecule has 0 radical (unpaired) electrons. The molecule has 3 N–H and O–H groups in total. The van der Waals surface area contributed by atoms with Crippen LogP contribution in [0.25, 0.3) is 0 Å². The molecule has 0 saturated carbocycles. The van der Waals surface area contributed by atoms with E-state index in [0.717, 1.165) is 13.0 Å². The van der Waals surface area contributed by atoms with Crippen molar-refractivity contribution in [3.05, 3.63) is 65.7 Å². The molecule has 23 heavy (non-hydrogen) atoms. The lowest BCUT2D eigenvalue weighted by Crippen LogP contribution is -2.43. The number of anilines is 1. The second kappa shape index (κ2) is 9.18. The normalized spacial score (nSPS) is 11.6. The molecule has 0 spiro atoms. The van der Waals surface area contributed by atoms with Gasteiger partial charge in [0.05, 0.1) is 0 Å². The summed E-state index contributed by atoms with van der Waals surface area (Å²) in [6.07, 6.45) is 0.805. The second-order valence-electron chi connectivity index (χ2n) is 5.74. The average molecular weight is 334 g/mol. The Kier molecular flexibility index (Phi) is 7.59. The minimum atomic E-state index is -0.0669. The van der Waals surface area contributed by atoms with Crippen molar-refractivity contribution in [3.8, 4) is 0 Å². The number of carbonyl (C=O) groups is 1. The highest BCUT2D eigenvalue weighted by molar-refractivity contribution is 5.94. The van der Waals surface area contributed by atoms with Gasteiger partial charge in [0.25, 0.3) is 5.91 Å². The molecule has 1 unspecified atom stereocenters. The number of hydrogen-bond donors (Lipinski definition) is 2. The highest BCUT2D eigenvalue weighted by Gasteiger charge is 2.15. The van der Waals surface area contributed by atoms with Crippen molar-refractivity contribution < 1.29 is 4.79 Å². The molecular formula is C18H24ClN3O. The fourth-order valence-corrected chi connectivity index (χ4v) is 2.40. The van der Waals surface area contributed by atoms with Crippen LogP contribution in [0.2, 0.25) is 0 Å². The van der Waals surface area contributed by atoms with Gasteiger partial charge in [0.1, 0.15) is 0 Å². The van der Waals surface area contributed by atoms with E-state index in [2.05, 4.69) is 22.3 Å². The van der Waals surface area contributed by atoms with E-state index in [1.54, 1.807) is 24.3 Å². The van der Waals surface area contributed by atoms with Crippen molar-refractivity contribution in [2.45, 2.75) is 12.5 Å². The van der Waals surface area contributed by atoms with Crippen LogP contribution in [0, 0.1) is 0 Å². The lowest BCUT2D eigenvalue weighted by molar-refractivity contribution is 0.0930. The van der Waals surface area contributed by atoms with Crippen LogP contribution >= 0.6 is 12.4 Å². The standard InChI is InChI=1S/C18H23N3O.ClH/c1-21(2)13-17(12-14-6-4-3-5-7-14)20-18(22)15-8-10-16(19)11-9-15;/h3-11,17H,12-13,19H2,1-2H3,(H,20,22);1H. The lowest BCUT2D eigenvalue weighted by atomic mass is 10.0. The summed E-state index contributed by atoms with van der Waals surface area (Å²) in [5, 5.41) is 3.11. The third kappa shape index (κ3) is 6.30. The number of rotatable bonds is 6. The van der Waals surface area contributed by atoms with Gasteiger partial charge < -0.3 is 16.0 Å².